The topological polar surface area (TPSA) is 88.8 Å². The summed E-state index contributed by atoms with van der Waals surface area (Å²) in [6, 6.07) is 2.26. The number of methoxy groups -OCH3 is 1. The quantitative estimate of drug-likeness (QED) is 0.750. The van der Waals surface area contributed by atoms with Gasteiger partial charge in [-0.1, -0.05) is 0 Å². The number of rotatable bonds is 8. The van der Waals surface area contributed by atoms with Gasteiger partial charge in [0.1, 0.15) is 11.8 Å². The SMILES string of the molecule is COCCC(NC(=O)c1ccc(CSC)o1)C(=O)O. The Balaban J connectivity index is 2.62. The van der Waals surface area contributed by atoms with Gasteiger partial charge in [-0.25, -0.2) is 4.79 Å². The highest BCUT2D eigenvalue weighted by Crippen LogP contribution is 2.13. The van der Waals surface area contributed by atoms with Gasteiger partial charge in [0.05, 0.1) is 5.75 Å². The van der Waals surface area contributed by atoms with E-state index in [1.807, 2.05) is 6.26 Å². The van der Waals surface area contributed by atoms with Crippen LogP contribution in [0.15, 0.2) is 16.5 Å². The van der Waals surface area contributed by atoms with Gasteiger partial charge in [-0.15, -0.1) is 0 Å². The summed E-state index contributed by atoms with van der Waals surface area (Å²) in [6.45, 7) is 0.257. The summed E-state index contributed by atoms with van der Waals surface area (Å²) in [4.78, 5) is 22.8. The molecule has 0 aliphatic rings. The van der Waals surface area contributed by atoms with Gasteiger partial charge in [0.25, 0.3) is 5.91 Å². The second kappa shape index (κ2) is 7.85. The number of thioether (sulfide) groups is 1. The molecule has 2 N–H and O–H groups in total. The minimum atomic E-state index is -1.10. The first-order chi connectivity index (χ1) is 9.08. The van der Waals surface area contributed by atoms with Crippen LogP contribution in [0, 0.1) is 0 Å². The minimum Gasteiger partial charge on any atom is -0.480 e. The van der Waals surface area contributed by atoms with Crippen LogP contribution in [-0.2, 0) is 15.3 Å². The Bertz CT molecular complexity index is 432. The van der Waals surface area contributed by atoms with Crippen molar-refractivity contribution in [3.05, 3.63) is 23.7 Å². The minimum absolute atomic E-state index is 0.118. The lowest BCUT2D eigenvalue weighted by atomic mass is 10.2. The highest BCUT2D eigenvalue weighted by Gasteiger charge is 2.21. The molecule has 0 spiro atoms. The molecule has 1 heterocycles. The van der Waals surface area contributed by atoms with Crippen molar-refractivity contribution >= 4 is 23.6 Å². The first kappa shape index (κ1) is 15.6. The van der Waals surface area contributed by atoms with E-state index in [0.717, 1.165) is 0 Å². The molecule has 1 rings (SSSR count). The number of carboxylic acid groups (broad SMARTS) is 1. The second-order valence-corrected chi connectivity index (χ2v) is 4.71. The number of aliphatic carboxylic acids is 1. The van der Waals surface area contributed by atoms with Crippen molar-refractivity contribution in [3.63, 3.8) is 0 Å². The number of carboxylic acids is 1. The number of carbonyl (C=O) groups excluding carboxylic acids is 1. The number of nitrogens with one attached hydrogen (secondary N) is 1. The van der Waals surface area contributed by atoms with E-state index in [4.69, 9.17) is 14.3 Å². The van der Waals surface area contributed by atoms with Crippen LogP contribution in [0.2, 0.25) is 0 Å². The Morgan fingerprint density at radius 1 is 1.53 bits per heavy atom. The highest BCUT2D eigenvalue weighted by atomic mass is 32.2. The van der Waals surface area contributed by atoms with Gasteiger partial charge in [0.15, 0.2) is 5.76 Å². The second-order valence-electron chi connectivity index (χ2n) is 3.84. The van der Waals surface area contributed by atoms with Crippen LogP contribution in [0.1, 0.15) is 22.7 Å². The molecule has 1 amide bonds. The Kier molecular flexibility index (Phi) is 6.44. The number of ether oxygens (including phenoxy) is 1. The molecule has 1 aromatic heterocycles. The van der Waals surface area contributed by atoms with Gasteiger partial charge in [0.2, 0.25) is 0 Å². The van der Waals surface area contributed by atoms with Crippen LogP contribution in [-0.4, -0.2) is 43.0 Å². The van der Waals surface area contributed by atoms with E-state index in [0.29, 0.717) is 11.5 Å². The maximum absolute atomic E-state index is 11.8. The summed E-state index contributed by atoms with van der Waals surface area (Å²) in [5.74, 6) is -0.162. The molecule has 0 aliphatic carbocycles. The van der Waals surface area contributed by atoms with E-state index < -0.39 is 17.9 Å². The largest absolute Gasteiger partial charge is 0.480 e. The van der Waals surface area contributed by atoms with Crippen molar-refractivity contribution in [2.75, 3.05) is 20.0 Å². The van der Waals surface area contributed by atoms with Crippen LogP contribution in [0.25, 0.3) is 0 Å². The predicted octanol–water partition coefficient (Wildman–Crippen LogP) is 1.36. The average molecular weight is 287 g/mol. The third-order valence-electron chi connectivity index (χ3n) is 2.39. The molecule has 0 saturated carbocycles. The Hall–Kier alpha value is -1.47. The van der Waals surface area contributed by atoms with Gasteiger partial charge in [-0.05, 0) is 18.4 Å². The Labute approximate surface area is 115 Å². The third-order valence-corrected chi connectivity index (χ3v) is 2.96. The van der Waals surface area contributed by atoms with Crippen molar-refractivity contribution in [1.82, 2.24) is 5.32 Å². The van der Waals surface area contributed by atoms with Gasteiger partial charge in [-0.2, -0.15) is 11.8 Å². The molecule has 19 heavy (non-hydrogen) atoms. The molecule has 106 valence electrons. The first-order valence-electron chi connectivity index (χ1n) is 5.68. The molecule has 7 heteroatoms. The van der Waals surface area contributed by atoms with E-state index in [1.54, 1.807) is 17.8 Å². The average Bonchev–Trinajstić information content (AvgIpc) is 2.83. The fourth-order valence-electron chi connectivity index (χ4n) is 1.44. The fourth-order valence-corrected chi connectivity index (χ4v) is 1.88. The van der Waals surface area contributed by atoms with Crippen molar-refractivity contribution in [1.29, 1.82) is 0 Å². The van der Waals surface area contributed by atoms with E-state index in [9.17, 15) is 9.59 Å². The van der Waals surface area contributed by atoms with Gasteiger partial charge in [0, 0.05) is 20.1 Å². The van der Waals surface area contributed by atoms with E-state index in [2.05, 4.69) is 5.32 Å². The molecule has 0 fully saturated rings. The Morgan fingerprint density at radius 3 is 2.84 bits per heavy atom. The van der Waals surface area contributed by atoms with Crippen molar-refractivity contribution in [2.45, 2.75) is 18.2 Å². The van der Waals surface area contributed by atoms with E-state index >= 15 is 0 Å². The molecule has 0 radical (unpaired) electrons. The zero-order valence-electron chi connectivity index (χ0n) is 10.8. The van der Waals surface area contributed by atoms with Crippen LogP contribution in [0.4, 0.5) is 0 Å². The number of hydrogen-bond donors (Lipinski definition) is 2. The number of amides is 1. The van der Waals surface area contributed by atoms with Crippen LogP contribution in [0.3, 0.4) is 0 Å². The fraction of sp³-hybridized carbons (Fsp3) is 0.500. The zero-order chi connectivity index (χ0) is 14.3. The van der Waals surface area contributed by atoms with Gasteiger partial charge in [-0.3, -0.25) is 4.79 Å². The normalized spacial score (nSPS) is 12.1. The molecule has 0 aliphatic heterocycles. The lowest BCUT2D eigenvalue weighted by Gasteiger charge is -2.12. The molecule has 1 unspecified atom stereocenters. The lowest BCUT2D eigenvalue weighted by Crippen LogP contribution is -2.41. The summed E-state index contributed by atoms with van der Waals surface area (Å²) in [6.07, 6.45) is 2.13. The summed E-state index contributed by atoms with van der Waals surface area (Å²) in [5.41, 5.74) is 0. The van der Waals surface area contributed by atoms with E-state index in [-0.39, 0.29) is 18.8 Å². The first-order valence-corrected chi connectivity index (χ1v) is 7.08. The molecule has 6 nitrogen and oxygen atoms in total. The number of hydrogen-bond acceptors (Lipinski definition) is 5. The summed E-state index contributed by atoms with van der Waals surface area (Å²) < 4.78 is 10.1. The van der Waals surface area contributed by atoms with Crippen LogP contribution in [0.5, 0.6) is 0 Å². The standard InChI is InChI=1S/C12H17NO5S/c1-17-6-5-9(12(15)16)13-11(14)10-4-3-8(18-10)7-19-2/h3-4,9H,5-7H2,1-2H3,(H,13,14)(H,15,16). The summed E-state index contributed by atoms with van der Waals surface area (Å²) in [5, 5.41) is 11.4. The molecular formula is C12H17NO5S. The summed E-state index contributed by atoms with van der Waals surface area (Å²) >= 11 is 1.57. The number of furan rings is 1. The maximum Gasteiger partial charge on any atom is 0.326 e. The Morgan fingerprint density at radius 2 is 2.26 bits per heavy atom. The molecular weight excluding hydrogens is 270 g/mol. The molecule has 0 bridgehead atoms. The monoisotopic (exact) mass is 287 g/mol. The molecule has 0 saturated heterocycles. The van der Waals surface area contributed by atoms with Crippen LogP contribution >= 0.6 is 11.8 Å². The van der Waals surface area contributed by atoms with Gasteiger partial charge < -0.3 is 19.6 Å². The third kappa shape index (κ3) is 4.96. The van der Waals surface area contributed by atoms with Crippen molar-refractivity contribution in [2.24, 2.45) is 0 Å². The van der Waals surface area contributed by atoms with Gasteiger partial charge >= 0.3 is 5.97 Å². The number of carbonyl (C=O) groups is 2. The highest BCUT2D eigenvalue weighted by molar-refractivity contribution is 7.97. The maximum atomic E-state index is 11.8. The predicted molar refractivity (Wildman–Crippen MR) is 71.3 cm³/mol. The van der Waals surface area contributed by atoms with Crippen LogP contribution < -0.4 is 5.32 Å². The molecule has 0 aromatic carbocycles. The zero-order valence-corrected chi connectivity index (χ0v) is 11.7. The van der Waals surface area contributed by atoms with Crippen molar-refractivity contribution < 1.29 is 23.8 Å². The molecule has 1 aromatic rings. The smallest absolute Gasteiger partial charge is 0.326 e. The van der Waals surface area contributed by atoms with E-state index in [1.165, 1.54) is 13.2 Å². The van der Waals surface area contributed by atoms with Crippen molar-refractivity contribution in [3.8, 4) is 0 Å². The summed E-state index contributed by atoms with van der Waals surface area (Å²) in [7, 11) is 1.47. The molecule has 1 atom stereocenters. The lowest BCUT2D eigenvalue weighted by molar-refractivity contribution is -0.139.